The molecule has 0 aromatic carbocycles. The molecule has 1 unspecified atom stereocenters. The Balaban J connectivity index is 4.36. The van der Waals surface area contributed by atoms with Gasteiger partial charge in [-0.2, -0.15) is 0 Å². The summed E-state index contributed by atoms with van der Waals surface area (Å²) in [5.74, 6) is -2.68. The predicted molar refractivity (Wildman–Crippen MR) is 68.0 cm³/mol. The molecule has 0 aliphatic carbocycles. The van der Waals surface area contributed by atoms with Gasteiger partial charge >= 0.3 is 18.0 Å². The minimum atomic E-state index is -1.44. The molecule has 8 nitrogen and oxygen atoms in total. The first-order chi connectivity index (χ1) is 8.56. The van der Waals surface area contributed by atoms with Crippen molar-refractivity contribution in [3.05, 3.63) is 0 Å². The lowest BCUT2D eigenvalue weighted by Crippen LogP contribution is -2.53. The lowest BCUT2D eigenvalue weighted by atomic mass is 10.0. The SMILES string of the molecule is CN(C)C(C)(C)CNC(=O)NC(CC(=O)O)C(=O)O. The summed E-state index contributed by atoms with van der Waals surface area (Å²) in [5.41, 5.74) is -0.303. The number of hydrogen-bond acceptors (Lipinski definition) is 4. The number of hydrogen-bond donors (Lipinski definition) is 4. The van der Waals surface area contributed by atoms with Crippen molar-refractivity contribution >= 4 is 18.0 Å². The lowest BCUT2D eigenvalue weighted by Gasteiger charge is -2.32. The topological polar surface area (TPSA) is 119 Å². The van der Waals surface area contributed by atoms with Crippen molar-refractivity contribution in [2.75, 3.05) is 20.6 Å². The van der Waals surface area contributed by atoms with Gasteiger partial charge in [-0.15, -0.1) is 0 Å². The molecule has 4 N–H and O–H groups in total. The van der Waals surface area contributed by atoms with Crippen LogP contribution in [0.5, 0.6) is 0 Å². The smallest absolute Gasteiger partial charge is 0.326 e. The highest BCUT2D eigenvalue weighted by atomic mass is 16.4. The average Bonchev–Trinajstić information content (AvgIpc) is 2.24. The zero-order chi connectivity index (χ0) is 15.2. The van der Waals surface area contributed by atoms with E-state index in [-0.39, 0.29) is 5.54 Å². The van der Waals surface area contributed by atoms with E-state index in [2.05, 4.69) is 10.6 Å². The summed E-state index contributed by atoms with van der Waals surface area (Å²) < 4.78 is 0. The number of aliphatic carboxylic acids is 2. The Kier molecular flexibility index (Phi) is 6.26. The summed E-state index contributed by atoms with van der Waals surface area (Å²) in [4.78, 5) is 34.6. The molecule has 110 valence electrons. The summed E-state index contributed by atoms with van der Waals surface area (Å²) in [6, 6.07) is -2.15. The van der Waals surface area contributed by atoms with Crippen molar-refractivity contribution in [1.82, 2.24) is 15.5 Å². The number of carboxylic acid groups (broad SMARTS) is 2. The van der Waals surface area contributed by atoms with Crippen molar-refractivity contribution in [2.45, 2.75) is 31.8 Å². The Hall–Kier alpha value is -1.83. The second-order valence-electron chi connectivity index (χ2n) is 5.02. The number of nitrogens with zero attached hydrogens (tertiary/aromatic N) is 1. The molecule has 1 atom stereocenters. The van der Waals surface area contributed by atoms with E-state index in [0.29, 0.717) is 6.54 Å². The largest absolute Gasteiger partial charge is 0.481 e. The van der Waals surface area contributed by atoms with Crippen LogP contribution < -0.4 is 10.6 Å². The Morgan fingerprint density at radius 2 is 1.74 bits per heavy atom. The molecule has 0 saturated heterocycles. The minimum absolute atomic E-state index is 0.297. The fourth-order valence-corrected chi connectivity index (χ4v) is 1.04. The third kappa shape index (κ3) is 6.61. The molecular weight excluding hydrogens is 254 g/mol. The first-order valence-electron chi connectivity index (χ1n) is 5.72. The number of amides is 2. The van der Waals surface area contributed by atoms with Crippen LogP contribution in [-0.2, 0) is 9.59 Å². The molecular formula is C11H21N3O5. The van der Waals surface area contributed by atoms with E-state index >= 15 is 0 Å². The van der Waals surface area contributed by atoms with E-state index in [0.717, 1.165) is 0 Å². The highest BCUT2D eigenvalue weighted by Gasteiger charge is 2.25. The van der Waals surface area contributed by atoms with E-state index in [1.807, 2.05) is 32.8 Å². The minimum Gasteiger partial charge on any atom is -0.481 e. The Morgan fingerprint density at radius 1 is 1.21 bits per heavy atom. The van der Waals surface area contributed by atoms with Gasteiger partial charge in [0.25, 0.3) is 0 Å². The van der Waals surface area contributed by atoms with Crippen LogP contribution in [0.15, 0.2) is 0 Å². The first kappa shape index (κ1) is 17.2. The number of nitrogens with one attached hydrogen (secondary N) is 2. The summed E-state index contributed by atoms with van der Waals surface area (Å²) in [7, 11) is 3.70. The van der Waals surface area contributed by atoms with Crippen LogP contribution >= 0.6 is 0 Å². The van der Waals surface area contributed by atoms with Crippen LogP contribution in [-0.4, -0.2) is 65.3 Å². The lowest BCUT2D eigenvalue weighted by molar-refractivity contribution is -0.145. The fourth-order valence-electron chi connectivity index (χ4n) is 1.04. The molecule has 19 heavy (non-hydrogen) atoms. The molecule has 0 rings (SSSR count). The van der Waals surface area contributed by atoms with Crippen molar-refractivity contribution in [3.63, 3.8) is 0 Å². The van der Waals surface area contributed by atoms with Gasteiger partial charge in [-0.05, 0) is 27.9 Å². The van der Waals surface area contributed by atoms with E-state index in [1.165, 1.54) is 0 Å². The quantitative estimate of drug-likeness (QED) is 0.500. The summed E-state index contributed by atoms with van der Waals surface area (Å²) >= 11 is 0. The Morgan fingerprint density at radius 3 is 2.11 bits per heavy atom. The highest BCUT2D eigenvalue weighted by Crippen LogP contribution is 2.07. The normalized spacial score (nSPS) is 12.9. The van der Waals surface area contributed by atoms with Gasteiger partial charge in [0.1, 0.15) is 6.04 Å². The van der Waals surface area contributed by atoms with Crippen molar-refractivity contribution in [3.8, 4) is 0 Å². The Bertz CT molecular complexity index is 354. The van der Waals surface area contributed by atoms with Gasteiger partial charge in [0.05, 0.1) is 6.42 Å². The van der Waals surface area contributed by atoms with Crippen molar-refractivity contribution in [1.29, 1.82) is 0 Å². The van der Waals surface area contributed by atoms with Crippen LogP contribution in [0.25, 0.3) is 0 Å². The summed E-state index contributed by atoms with van der Waals surface area (Å²) in [6.07, 6.45) is -0.667. The molecule has 0 saturated carbocycles. The molecule has 0 aliphatic rings. The molecule has 2 amide bonds. The zero-order valence-electron chi connectivity index (χ0n) is 11.6. The van der Waals surface area contributed by atoms with Gasteiger partial charge in [0.15, 0.2) is 0 Å². The molecule has 8 heteroatoms. The zero-order valence-corrected chi connectivity index (χ0v) is 11.6. The number of rotatable bonds is 7. The van der Waals surface area contributed by atoms with Crippen molar-refractivity contribution in [2.24, 2.45) is 0 Å². The number of carbonyl (C=O) groups excluding carboxylic acids is 1. The monoisotopic (exact) mass is 275 g/mol. The molecule has 0 fully saturated rings. The number of likely N-dealkylation sites (N-methyl/N-ethyl adjacent to an activating group) is 1. The summed E-state index contributed by atoms with van der Waals surface area (Å²) in [5, 5.41) is 21.9. The predicted octanol–water partition coefficient (Wildman–Crippen LogP) is -0.446. The van der Waals surface area contributed by atoms with Crippen LogP contribution in [0.2, 0.25) is 0 Å². The molecule has 0 radical (unpaired) electrons. The van der Waals surface area contributed by atoms with Crippen molar-refractivity contribution < 1.29 is 24.6 Å². The van der Waals surface area contributed by atoms with E-state index in [4.69, 9.17) is 10.2 Å². The van der Waals surface area contributed by atoms with Crippen LogP contribution in [0.3, 0.4) is 0 Å². The van der Waals surface area contributed by atoms with E-state index < -0.39 is 30.4 Å². The van der Waals surface area contributed by atoms with E-state index in [1.54, 1.807) is 0 Å². The maximum absolute atomic E-state index is 11.5. The third-order valence-electron chi connectivity index (χ3n) is 2.87. The number of urea groups is 1. The average molecular weight is 275 g/mol. The standard InChI is InChI=1S/C11H21N3O5/c1-11(2,14(3)4)6-12-10(19)13-7(9(17)18)5-8(15)16/h7H,5-6H2,1-4H3,(H,15,16)(H,17,18)(H2,12,13,19). The fraction of sp³-hybridized carbons (Fsp3) is 0.727. The third-order valence-corrected chi connectivity index (χ3v) is 2.87. The molecule has 0 aliphatic heterocycles. The second kappa shape index (κ2) is 6.93. The van der Waals surface area contributed by atoms with Crippen LogP contribution in [0.4, 0.5) is 4.79 Å². The highest BCUT2D eigenvalue weighted by molar-refractivity contribution is 5.86. The molecule has 0 aromatic heterocycles. The first-order valence-corrected chi connectivity index (χ1v) is 5.72. The van der Waals surface area contributed by atoms with E-state index in [9.17, 15) is 14.4 Å². The maximum Gasteiger partial charge on any atom is 0.326 e. The number of carbonyl (C=O) groups is 3. The van der Waals surface area contributed by atoms with Crippen LogP contribution in [0, 0.1) is 0 Å². The Labute approximate surface area is 111 Å². The number of carboxylic acids is 2. The molecule has 0 heterocycles. The van der Waals surface area contributed by atoms with Crippen LogP contribution in [0.1, 0.15) is 20.3 Å². The van der Waals surface area contributed by atoms with Gasteiger partial charge < -0.3 is 25.7 Å². The van der Waals surface area contributed by atoms with Gasteiger partial charge in [0.2, 0.25) is 0 Å². The molecule has 0 bridgehead atoms. The molecule has 0 spiro atoms. The van der Waals surface area contributed by atoms with Gasteiger partial charge in [-0.1, -0.05) is 0 Å². The maximum atomic E-state index is 11.5. The van der Waals surface area contributed by atoms with Gasteiger partial charge in [-0.25, -0.2) is 9.59 Å². The second-order valence-corrected chi connectivity index (χ2v) is 5.02. The van der Waals surface area contributed by atoms with Gasteiger partial charge in [-0.3, -0.25) is 4.79 Å². The van der Waals surface area contributed by atoms with Gasteiger partial charge in [0, 0.05) is 12.1 Å². The molecule has 0 aromatic rings. The summed E-state index contributed by atoms with van der Waals surface area (Å²) in [6.45, 7) is 4.10.